The van der Waals surface area contributed by atoms with Crippen molar-refractivity contribution in [2.45, 2.75) is 12.8 Å². The molecule has 0 aliphatic heterocycles. The van der Waals surface area contributed by atoms with Crippen molar-refractivity contribution in [3.8, 4) is 28.7 Å². The van der Waals surface area contributed by atoms with Crippen molar-refractivity contribution in [1.29, 1.82) is 0 Å². The summed E-state index contributed by atoms with van der Waals surface area (Å²) in [5.74, 6) is 2.07. The van der Waals surface area contributed by atoms with Gasteiger partial charge in [0.25, 0.3) is 5.91 Å². The van der Waals surface area contributed by atoms with Gasteiger partial charge in [0.05, 0.1) is 21.3 Å². The summed E-state index contributed by atoms with van der Waals surface area (Å²) in [6.07, 6.45) is 2.35. The van der Waals surface area contributed by atoms with Crippen LogP contribution in [0.2, 0.25) is 0 Å². The van der Waals surface area contributed by atoms with Gasteiger partial charge in [-0.2, -0.15) is 0 Å². The minimum Gasteiger partial charge on any atom is -0.493 e. The standard InChI is InChI=1S/C25H27N3O6/c1-26-25(30)20-15-19(11-12-27-20)34-18-8-5-16(6-9-18)7-10-23(29)28-17-13-21(31-2)24(33-4)22(14-17)32-3/h5-6,8-9,11-15H,7,10H2,1-4H3,(H,26,30)(H,28,29). The van der Waals surface area contributed by atoms with E-state index < -0.39 is 0 Å². The van der Waals surface area contributed by atoms with Crippen LogP contribution in [0.25, 0.3) is 0 Å². The molecular formula is C25H27N3O6. The highest BCUT2D eigenvalue weighted by Crippen LogP contribution is 2.40. The first kappa shape index (κ1) is 24.4. The Morgan fingerprint density at radius 2 is 1.56 bits per heavy atom. The third-order valence-electron chi connectivity index (χ3n) is 4.94. The van der Waals surface area contributed by atoms with Crippen LogP contribution in [-0.2, 0) is 11.2 Å². The number of pyridine rings is 1. The number of nitrogens with zero attached hydrogens (tertiary/aromatic N) is 1. The quantitative estimate of drug-likeness (QED) is 0.468. The molecule has 3 aromatic rings. The van der Waals surface area contributed by atoms with Gasteiger partial charge >= 0.3 is 0 Å². The number of benzene rings is 2. The molecule has 9 heteroatoms. The van der Waals surface area contributed by atoms with Crippen LogP contribution in [0.5, 0.6) is 28.7 Å². The number of anilines is 1. The first-order valence-corrected chi connectivity index (χ1v) is 10.5. The lowest BCUT2D eigenvalue weighted by Gasteiger charge is -2.14. The van der Waals surface area contributed by atoms with Gasteiger partial charge in [0.2, 0.25) is 11.7 Å². The Bertz CT molecular complexity index is 1120. The van der Waals surface area contributed by atoms with Crippen molar-refractivity contribution >= 4 is 17.5 Å². The van der Waals surface area contributed by atoms with Gasteiger partial charge < -0.3 is 29.6 Å². The van der Waals surface area contributed by atoms with Gasteiger partial charge in [0.15, 0.2) is 11.5 Å². The number of carbonyl (C=O) groups is 2. The summed E-state index contributed by atoms with van der Waals surface area (Å²) in [7, 11) is 6.10. The minimum atomic E-state index is -0.286. The van der Waals surface area contributed by atoms with Crippen LogP contribution in [0.15, 0.2) is 54.7 Å². The maximum absolute atomic E-state index is 12.5. The molecule has 2 N–H and O–H groups in total. The van der Waals surface area contributed by atoms with Crippen LogP contribution in [0.4, 0.5) is 5.69 Å². The van der Waals surface area contributed by atoms with E-state index in [0.717, 1.165) is 5.56 Å². The zero-order valence-corrected chi connectivity index (χ0v) is 19.5. The largest absolute Gasteiger partial charge is 0.493 e. The Morgan fingerprint density at radius 1 is 0.882 bits per heavy atom. The van der Waals surface area contributed by atoms with E-state index in [4.69, 9.17) is 18.9 Å². The molecule has 9 nitrogen and oxygen atoms in total. The zero-order valence-electron chi connectivity index (χ0n) is 19.5. The molecule has 0 aliphatic rings. The molecule has 0 saturated carbocycles. The number of hydrogen-bond acceptors (Lipinski definition) is 7. The molecule has 2 amide bonds. The molecule has 0 atom stereocenters. The van der Waals surface area contributed by atoms with Gasteiger partial charge in [-0.3, -0.25) is 14.6 Å². The summed E-state index contributed by atoms with van der Waals surface area (Å²) in [6.45, 7) is 0. The average molecular weight is 466 g/mol. The number of amides is 2. The lowest BCUT2D eigenvalue weighted by Crippen LogP contribution is -2.18. The molecule has 34 heavy (non-hydrogen) atoms. The normalized spacial score (nSPS) is 10.2. The molecule has 1 aromatic heterocycles. The monoisotopic (exact) mass is 465 g/mol. The molecule has 0 spiro atoms. The number of hydrogen-bond donors (Lipinski definition) is 2. The van der Waals surface area contributed by atoms with Gasteiger partial charge in [-0.1, -0.05) is 12.1 Å². The number of nitrogens with one attached hydrogen (secondary N) is 2. The number of aryl methyl sites for hydroxylation is 1. The fourth-order valence-electron chi connectivity index (χ4n) is 3.22. The molecule has 0 fully saturated rings. The van der Waals surface area contributed by atoms with Crippen molar-refractivity contribution in [2.75, 3.05) is 33.7 Å². The van der Waals surface area contributed by atoms with Gasteiger partial charge in [-0.25, -0.2) is 0 Å². The molecular weight excluding hydrogens is 438 g/mol. The van der Waals surface area contributed by atoms with Crippen LogP contribution < -0.4 is 29.6 Å². The summed E-state index contributed by atoms with van der Waals surface area (Å²) in [4.78, 5) is 28.2. The third kappa shape index (κ3) is 6.16. The number of ether oxygens (including phenoxy) is 4. The minimum absolute atomic E-state index is 0.145. The molecule has 0 radical (unpaired) electrons. The molecule has 1 heterocycles. The predicted octanol–water partition coefficient (Wildman–Crippen LogP) is 3.83. The molecule has 0 unspecified atom stereocenters. The van der Waals surface area contributed by atoms with Crippen LogP contribution in [0, 0.1) is 0 Å². The lowest BCUT2D eigenvalue weighted by atomic mass is 10.1. The SMILES string of the molecule is CNC(=O)c1cc(Oc2ccc(CCC(=O)Nc3cc(OC)c(OC)c(OC)c3)cc2)ccn1. The van der Waals surface area contributed by atoms with E-state index in [1.54, 1.807) is 31.3 Å². The Labute approximate surface area is 198 Å². The van der Waals surface area contributed by atoms with Crippen molar-refractivity contribution in [3.63, 3.8) is 0 Å². The van der Waals surface area contributed by atoms with Gasteiger partial charge in [-0.05, 0) is 30.2 Å². The summed E-state index contributed by atoms with van der Waals surface area (Å²) in [5.41, 5.74) is 1.81. The molecule has 3 rings (SSSR count). The van der Waals surface area contributed by atoms with Crippen LogP contribution >= 0.6 is 0 Å². The second-order valence-corrected chi connectivity index (χ2v) is 7.16. The number of methoxy groups -OCH3 is 3. The van der Waals surface area contributed by atoms with E-state index in [-0.39, 0.29) is 23.9 Å². The van der Waals surface area contributed by atoms with Gasteiger partial charge in [-0.15, -0.1) is 0 Å². The van der Waals surface area contributed by atoms with E-state index >= 15 is 0 Å². The second kappa shape index (κ2) is 11.6. The smallest absolute Gasteiger partial charge is 0.269 e. The summed E-state index contributed by atoms with van der Waals surface area (Å²) in [5, 5.41) is 5.39. The number of aromatic nitrogens is 1. The highest BCUT2D eigenvalue weighted by Gasteiger charge is 2.14. The molecule has 0 saturated heterocycles. The van der Waals surface area contributed by atoms with Gasteiger partial charge in [0.1, 0.15) is 17.2 Å². The highest BCUT2D eigenvalue weighted by atomic mass is 16.5. The van der Waals surface area contributed by atoms with Crippen LogP contribution in [-0.4, -0.2) is 45.2 Å². The van der Waals surface area contributed by atoms with Crippen LogP contribution in [0.3, 0.4) is 0 Å². The van der Waals surface area contributed by atoms with E-state index in [1.807, 2.05) is 24.3 Å². The first-order valence-electron chi connectivity index (χ1n) is 10.5. The van der Waals surface area contributed by atoms with Crippen molar-refractivity contribution in [3.05, 3.63) is 66.0 Å². The maximum atomic E-state index is 12.5. The van der Waals surface area contributed by atoms with E-state index in [1.165, 1.54) is 27.5 Å². The summed E-state index contributed by atoms with van der Waals surface area (Å²) >= 11 is 0. The Kier molecular flexibility index (Phi) is 8.28. The Morgan fingerprint density at radius 3 is 2.15 bits per heavy atom. The topological polar surface area (TPSA) is 108 Å². The fourth-order valence-corrected chi connectivity index (χ4v) is 3.22. The molecule has 0 aliphatic carbocycles. The van der Waals surface area contributed by atoms with Crippen molar-refractivity contribution in [1.82, 2.24) is 10.3 Å². The Balaban J connectivity index is 1.57. The molecule has 2 aromatic carbocycles. The van der Waals surface area contributed by atoms with Crippen LogP contribution in [0.1, 0.15) is 22.5 Å². The maximum Gasteiger partial charge on any atom is 0.269 e. The van der Waals surface area contributed by atoms with Crippen molar-refractivity contribution < 1.29 is 28.5 Å². The molecule has 178 valence electrons. The second-order valence-electron chi connectivity index (χ2n) is 7.16. The van der Waals surface area contributed by atoms with E-state index in [0.29, 0.717) is 40.9 Å². The lowest BCUT2D eigenvalue weighted by molar-refractivity contribution is -0.116. The van der Waals surface area contributed by atoms with E-state index in [2.05, 4.69) is 15.6 Å². The fraction of sp³-hybridized carbons (Fsp3) is 0.240. The first-order chi connectivity index (χ1) is 16.5. The Hall–Kier alpha value is -4.27. The predicted molar refractivity (Wildman–Crippen MR) is 127 cm³/mol. The van der Waals surface area contributed by atoms with E-state index in [9.17, 15) is 9.59 Å². The average Bonchev–Trinajstić information content (AvgIpc) is 2.87. The van der Waals surface area contributed by atoms with Crippen molar-refractivity contribution in [2.24, 2.45) is 0 Å². The zero-order chi connectivity index (χ0) is 24.5. The van der Waals surface area contributed by atoms with Gasteiger partial charge in [0, 0.05) is 43.6 Å². The third-order valence-corrected chi connectivity index (χ3v) is 4.94. The number of carbonyl (C=O) groups excluding carboxylic acids is 2. The number of rotatable bonds is 10. The molecule has 0 bridgehead atoms. The summed E-state index contributed by atoms with van der Waals surface area (Å²) in [6, 6.07) is 14.0. The summed E-state index contributed by atoms with van der Waals surface area (Å²) < 4.78 is 21.7. The highest BCUT2D eigenvalue weighted by molar-refractivity contribution is 5.92.